The van der Waals surface area contributed by atoms with Gasteiger partial charge >= 0.3 is 0 Å². The van der Waals surface area contributed by atoms with Crippen molar-refractivity contribution in [3.63, 3.8) is 0 Å². The molecule has 1 amide bonds. The normalized spacial score (nSPS) is 10.8. The number of hydrogen-bond acceptors (Lipinski definition) is 4. The molecule has 4 rings (SSSR count). The molecule has 6 nitrogen and oxygen atoms in total. The Hall–Kier alpha value is -4.07. The average Bonchev–Trinajstić information content (AvgIpc) is 3.13. The summed E-state index contributed by atoms with van der Waals surface area (Å²) in [6.07, 6.45) is 3.88. The molecule has 0 atom stereocenters. The number of para-hydroxylation sites is 1. The van der Waals surface area contributed by atoms with Crippen LogP contribution in [-0.4, -0.2) is 20.7 Å². The zero-order valence-electron chi connectivity index (χ0n) is 18.0. The van der Waals surface area contributed by atoms with Crippen LogP contribution in [0.15, 0.2) is 73.1 Å². The van der Waals surface area contributed by atoms with Gasteiger partial charge < -0.3 is 10.1 Å². The van der Waals surface area contributed by atoms with Crippen LogP contribution in [0.25, 0.3) is 5.69 Å². The van der Waals surface area contributed by atoms with Crippen molar-refractivity contribution in [3.05, 3.63) is 102 Å². The number of nitrogens with one attached hydrogen (secondary N) is 1. The number of carbonyl (C=O) groups is 1. The predicted molar refractivity (Wildman–Crippen MR) is 119 cm³/mol. The first-order valence-electron chi connectivity index (χ1n) is 10.4. The third-order valence-corrected chi connectivity index (χ3v) is 5.07. The van der Waals surface area contributed by atoms with Gasteiger partial charge in [-0.25, -0.2) is 13.5 Å². The van der Waals surface area contributed by atoms with Crippen LogP contribution < -0.4 is 10.1 Å². The van der Waals surface area contributed by atoms with E-state index in [2.05, 4.69) is 15.4 Å². The van der Waals surface area contributed by atoms with Crippen molar-refractivity contribution in [3.8, 4) is 17.3 Å². The van der Waals surface area contributed by atoms with Crippen molar-refractivity contribution in [2.24, 2.45) is 0 Å². The average molecular weight is 448 g/mol. The standard InChI is InChI=1S/C25H22F2N4O2/c1-17-21(12-13-24(32)29-16-18-5-4-14-28-15-18)25(33-23-7-3-2-6-22(23)27)31(30-17)20-10-8-19(26)9-11-20/h2-11,14-15H,12-13,16H2,1H3,(H,29,32). The highest BCUT2D eigenvalue weighted by Gasteiger charge is 2.21. The first kappa shape index (κ1) is 22.1. The molecule has 168 valence electrons. The number of amides is 1. The number of pyridine rings is 1. The monoisotopic (exact) mass is 448 g/mol. The molecule has 0 radical (unpaired) electrons. The van der Waals surface area contributed by atoms with Crippen molar-refractivity contribution < 1.29 is 18.3 Å². The summed E-state index contributed by atoms with van der Waals surface area (Å²) in [5, 5.41) is 7.38. The second-order valence-corrected chi connectivity index (χ2v) is 7.43. The van der Waals surface area contributed by atoms with Crippen molar-refractivity contribution in [2.45, 2.75) is 26.3 Å². The number of halogens is 2. The van der Waals surface area contributed by atoms with E-state index in [9.17, 15) is 13.6 Å². The summed E-state index contributed by atoms with van der Waals surface area (Å²) in [6.45, 7) is 2.16. The zero-order valence-corrected chi connectivity index (χ0v) is 18.0. The van der Waals surface area contributed by atoms with Crippen LogP contribution in [0.5, 0.6) is 11.6 Å². The molecule has 0 fully saturated rings. The molecular formula is C25H22F2N4O2. The van der Waals surface area contributed by atoms with E-state index in [1.54, 1.807) is 49.6 Å². The second-order valence-electron chi connectivity index (χ2n) is 7.43. The highest BCUT2D eigenvalue weighted by atomic mass is 19.1. The molecule has 0 spiro atoms. The van der Waals surface area contributed by atoms with Crippen LogP contribution in [0.1, 0.15) is 23.2 Å². The number of aryl methyl sites for hydroxylation is 1. The van der Waals surface area contributed by atoms with Gasteiger partial charge in [-0.15, -0.1) is 0 Å². The van der Waals surface area contributed by atoms with Gasteiger partial charge in [0.2, 0.25) is 11.8 Å². The molecule has 1 N–H and O–H groups in total. The minimum absolute atomic E-state index is 0.0306. The number of ether oxygens (including phenoxy) is 1. The van der Waals surface area contributed by atoms with Crippen LogP contribution in [0, 0.1) is 18.6 Å². The van der Waals surface area contributed by atoms with E-state index < -0.39 is 5.82 Å². The Morgan fingerprint density at radius 3 is 2.58 bits per heavy atom. The summed E-state index contributed by atoms with van der Waals surface area (Å²) in [5.41, 5.74) is 2.75. The number of carbonyl (C=O) groups excluding carboxylic acids is 1. The van der Waals surface area contributed by atoms with Gasteiger partial charge in [0.25, 0.3) is 0 Å². The van der Waals surface area contributed by atoms with Crippen LogP contribution in [0.4, 0.5) is 8.78 Å². The Kier molecular flexibility index (Phi) is 6.73. The van der Waals surface area contributed by atoms with E-state index in [1.165, 1.54) is 28.9 Å². The van der Waals surface area contributed by atoms with Crippen molar-refractivity contribution in [2.75, 3.05) is 0 Å². The molecule has 0 aliphatic heterocycles. The SMILES string of the molecule is Cc1nn(-c2ccc(F)cc2)c(Oc2ccccc2F)c1CCC(=O)NCc1cccnc1. The van der Waals surface area contributed by atoms with E-state index in [-0.39, 0.29) is 29.8 Å². The first-order chi connectivity index (χ1) is 16.0. The molecule has 2 aromatic heterocycles. The molecule has 0 aliphatic rings. The van der Waals surface area contributed by atoms with E-state index in [0.717, 1.165) is 5.56 Å². The number of benzene rings is 2. The van der Waals surface area contributed by atoms with Gasteiger partial charge in [0.15, 0.2) is 11.6 Å². The molecule has 2 aromatic carbocycles. The van der Waals surface area contributed by atoms with E-state index in [1.807, 2.05) is 6.07 Å². The number of nitrogens with zero attached hydrogens (tertiary/aromatic N) is 3. The summed E-state index contributed by atoms with van der Waals surface area (Å²) in [5.74, 6) is -0.746. The number of rotatable bonds is 8. The van der Waals surface area contributed by atoms with Crippen LogP contribution in [0.3, 0.4) is 0 Å². The zero-order chi connectivity index (χ0) is 23.2. The van der Waals surface area contributed by atoms with Crippen LogP contribution in [-0.2, 0) is 17.8 Å². The molecule has 0 bridgehead atoms. The fourth-order valence-corrected chi connectivity index (χ4v) is 3.35. The topological polar surface area (TPSA) is 69.0 Å². The highest BCUT2D eigenvalue weighted by molar-refractivity contribution is 5.76. The summed E-state index contributed by atoms with van der Waals surface area (Å²) in [7, 11) is 0. The van der Waals surface area contributed by atoms with E-state index >= 15 is 0 Å². The van der Waals surface area contributed by atoms with Crippen molar-refractivity contribution >= 4 is 5.91 Å². The molecule has 4 aromatic rings. The summed E-state index contributed by atoms with van der Waals surface area (Å²) < 4.78 is 35.2. The lowest BCUT2D eigenvalue weighted by Gasteiger charge is -2.12. The first-order valence-corrected chi connectivity index (χ1v) is 10.4. The van der Waals surface area contributed by atoms with Crippen molar-refractivity contribution in [1.82, 2.24) is 20.1 Å². The molecule has 0 unspecified atom stereocenters. The number of aromatic nitrogens is 3. The second kappa shape index (κ2) is 10.0. The van der Waals surface area contributed by atoms with E-state index in [4.69, 9.17) is 4.74 Å². The van der Waals surface area contributed by atoms with Gasteiger partial charge in [-0.1, -0.05) is 18.2 Å². The Morgan fingerprint density at radius 2 is 1.85 bits per heavy atom. The third-order valence-electron chi connectivity index (χ3n) is 5.07. The fraction of sp³-hybridized carbons (Fsp3) is 0.160. The summed E-state index contributed by atoms with van der Waals surface area (Å²) >= 11 is 0. The largest absolute Gasteiger partial charge is 0.436 e. The predicted octanol–water partition coefficient (Wildman–Crippen LogP) is 4.90. The van der Waals surface area contributed by atoms with Gasteiger partial charge in [0.1, 0.15) is 5.82 Å². The lowest BCUT2D eigenvalue weighted by molar-refractivity contribution is -0.121. The van der Waals surface area contributed by atoms with Crippen LogP contribution in [0.2, 0.25) is 0 Å². The highest BCUT2D eigenvalue weighted by Crippen LogP contribution is 2.32. The molecule has 0 saturated carbocycles. The van der Waals surface area contributed by atoms with Crippen molar-refractivity contribution in [1.29, 1.82) is 0 Å². The lowest BCUT2D eigenvalue weighted by atomic mass is 10.1. The fourth-order valence-electron chi connectivity index (χ4n) is 3.35. The summed E-state index contributed by atoms with van der Waals surface area (Å²) in [4.78, 5) is 16.5. The Bertz CT molecular complexity index is 1240. The maximum absolute atomic E-state index is 14.3. The Labute approximate surface area is 189 Å². The maximum atomic E-state index is 14.3. The minimum Gasteiger partial charge on any atom is -0.436 e. The molecule has 8 heteroatoms. The minimum atomic E-state index is -0.526. The van der Waals surface area contributed by atoms with E-state index in [0.29, 0.717) is 29.9 Å². The van der Waals surface area contributed by atoms with Gasteiger partial charge in [0, 0.05) is 30.9 Å². The van der Waals surface area contributed by atoms with Gasteiger partial charge in [-0.3, -0.25) is 9.78 Å². The third kappa shape index (κ3) is 5.41. The maximum Gasteiger partial charge on any atom is 0.226 e. The van der Waals surface area contributed by atoms with Crippen LogP contribution >= 0.6 is 0 Å². The smallest absolute Gasteiger partial charge is 0.226 e. The van der Waals surface area contributed by atoms with Gasteiger partial charge in [0.05, 0.1) is 11.4 Å². The molecule has 0 saturated heterocycles. The quantitative estimate of drug-likeness (QED) is 0.417. The molecule has 0 aliphatic carbocycles. The lowest BCUT2D eigenvalue weighted by Crippen LogP contribution is -2.23. The molecule has 2 heterocycles. The Balaban J connectivity index is 1.57. The van der Waals surface area contributed by atoms with Gasteiger partial charge in [-0.05, 0) is 61.4 Å². The Morgan fingerprint density at radius 1 is 1.06 bits per heavy atom. The molecular weight excluding hydrogens is 426 g/mol. The van der Waals surface area contributed by atoms with Gasteiger partial charge in [-0.2, -0.15) is 5.10 Å². The molecule has 33 heavy (non-hydrogen) atoms. The summed E-state index contributed by atoms with van der Waals surface area (Å²) in [6, 6.07) is 15.5. The number of hydrogen-bond donors (Lipinski definition) is 1.